The van der Waals surface area contributed by atoms with Crippen LogP contribution < -0.4 is 29.8 Å². The summed E-state index contributed by atoms with van der Waals surface area (Å²) in [5.74, 6) is 0.209. The Labute approximate surface area is 332 Å². The molecule has 0 atom stereocenters. The number of ether oxygens (including phenoxy) is 4. The van der Waals surface area contributed by atoms with E-state index in [1.165, 1.54) is 133 Å². The Bertz CT molecular complexity index is 1420. The van der Waals surface area contributed by atoms with Crippen LogP contribution in [-0.4, -0.2) is 25.2 Å². The van der Waals surface area contributed by atoms with Gasteiger partial charge in [-0.3, -0.25) is 19.2 Å². The zero-order chi connectivity index (χ0) is 39.6. The minimum absolute atomic E-state index is 0.00183. The molecule has 8 heteroatoms. The minimum Gasteiger partial charge on any atom is -0.494 e. The van der Waals surface area contributed by atoms with Crippen molar-refractivity contribution in [2.24, 2.45) is 0 Å². The molecule has 308 valence electrons. The van der Waals surface area contributed by atoms with Gasteiger partial charge in [0.05, 0.1) is 13.2 Å². The van der Waals surface area contributed by atoms with Gasteiger partial charge in [0, 0.05) is 12.8 Å². The van der Waals surface area contributed by atoms with Gasteiger partial charge in [-0.25, -0.2) is 0 Å². The summed E-state index contributed by atoms with van der Waals surface area (Å²) in [5.41, 5.74) is -0.747. The van der Waals surface area contributed by atoms with E-state index in [0.717, 1.165) is 32.1 Å². The highest BCUT2D eigenvalue weighted by atomic mass is 16.5. The van der Waals surface area contributed by atoms with E-state index in [1.807, 2.05) is 0 Å². The van der Waals surface area contributed by atoms with Gasteiger partial charge in [0.1, 0.15) is 11.5 Å². The van der Waals surface area contributed by atoms with Gasteiger partial charge in [-0.1, -0.05) is 142 Å². The summed E-state index contributed by atoms with van der Waals surface area (Å²) >= 11 is 0. The van der Waals surface area contributed by atoms with Crippen molar-refractivity contribution in [2.75, 3.05) is 13.2 Å². The predicted octanol–water partition coefficient (Wildman–Crippen LogP) is 12.2. The highest BCUT2D eigenvalue weighted by Crippen LogP contribution is 2.17. The molecule has 0 fully saturated rings. The summed E-state index contributed by atoms with van der Waals surface area (Å²) < 4.78 is 22.4. The summed E-state index contributed by atoms with van der Waals surface area (Å²) in [6, 6.07) is 12.2. The van der Waals surface area contributed by atoms with E-state index >= 15 is 0 Å². The highest BCUT2D eigenvalue weighted by molar-refractivity contribution is 5.72. The Morgan fingerprint density at radius 2 is 0.673 bits per heavy atom. The fourth-order valence-corrected chi connectivity index (χ4v) is 6.41. The molecule has 0 spiro atoms. The van der Waals surface area contributed by atoms with Crippen molar-refractivity contribution in [2.45, 2.75) is 187 Å². The van der Waals surface area contributed by atoms with Gasteiger partial charge in [0.15, 0.2) is 11.5 Å². The third kappa shape index (κ3) is 25.2. The first kappa shape index (κ1) is 47.5. The zero-order valence-corrected chi connectivity index (χ0v) is 34.4. The van der Waals surface area contributed by atoms with Crippen LogP contribution >= 0.6 is 0 Å². The lowest BCUT2D eigenvalue weighted by atomic mass is 10.1. The zero-order valence-electron chi connectivity index (χ0n) is 34.4. The van der Waals surface area contributed by atoms with E-state index in [9.17, 15) is 19.2 Å². The quantitative estimate of drug-likeness (QED) is 0.0512. The number of hydrogen-bond acceptors (Lipinski definition) is 8. The molecule has 0 saturated heterocycles. The van der Waals surface area contributed by atoms with Crippen molar-refractivity contribution in [3.63, 3.8) is 0 Å². The van der Waals surface area contributed by atoms with E-state index < -0.39 is 11.9 Å². The van der Waals surface area contributed by atoms with Crippen LogP contribution in [0.25, 0.3) is 0 Å². The molecule has 0 saturated carbocycles. The van der Waals surface area contributed by atoms with Crippen molar-refractivity contribution in [3.8, 4) is 23.0 Å². The van der Waals surface area contributed by atoms with Gasteiger partial charge >= 0.3 is 11.9 Å². The Morgan fingerprint density at radius 1 is 0.382 bits per heavy atom. The summed E-state index contributed by atoms with van der Waals surface area (Å²) in [4.78, 5) is 49.7. The average molecular weight is 765 g/mol. The van der Waals surface area contributed by atoms with Gasteiger partial charge in [-0.2, -0.15) is 0 Å². The number of carbonyl (C=O) groups excluding carboxylic acids is 2. The maximum Gasteiger partial charge on any atom is 0.311 e. The van der Waals surface area contributed by atoms with E-state index in [2.05, 4.69) is 13.8 Å². The third-order valence-electron chi connectivity index (χ3n) is 9.82. The van der Waals surface area contributed by atoms with Crippen LogP contribution in [0.4, 0.5) is 0 Å². The van der Waals surface area contributed by atoms with Crippen LogP contribution in [-0.2, 0) is 9.59 Å². The predicted molar refractivity (Wildman–Crippen MR) is 224 cm³/mol. The molecule has 2 rings (SSSR count). The molecule has 8 nitrogen and oxygen atoms in total. The van der Waals surface area contributed by atoms with Crippen LogP contribution in [0.3, 0.4) is 0 Å². The lowest BCUT2D eigenvalue weighted by Crippen LogP contribution is -2.12. The topological polar surface area (TPSA) is 105 Å². The van der Waals surface area contributed by atoms with Gasteiger partial charge in [0.25, 0.3) is 0 Å². The molecule has 0 aliphatic carbocycles. The Balaban J connectivity index is 1.56. The second kappa shape index (κ2) is 32.6. The molecular formula is C47H72O8. The maximum atomic E-state index is 12.5. The second-order valence-electron chi connectivity index (χ2n) is 14.9. The summed E-state index contributed by atoms with van der Waals surface area (Å²) in [6.07, 6.45) is 29.6. The standard InChI is InChI=1S/C47H72O8/c1-3-5-7-9-11-13-15-17-19-21-24-28-46(50)54-44-37-33-41(31-35-42(44)48)53-39-27-23-25-29-47(51)55-45-36-32-40(30-34-43(45)49)52-38-26-22-20-18-16-14-12-10-8-6-4-2/h30-37H,3-29,38-39H2,1-2H3. The highest BCUT2D eigenvalue weighted by Gasteiger charge is 2.10. The monoisotopic (exact) mass is 765 g/mol. The summed E-state index contributed by atoms with van der Waals surface area (Å²) in [6.45, 7) is 5.47. The van der Waals surface area contributed by atoms with Gasteiger partial charge in [-0.15, -0.1) is 0 Å². The number of esters is 2. The van der Waals surface area contributed by atoms with Crippen LogP contribution in [0.15, 0.2) is 58.1 Å². The number of unbranched alkanes of at least 4 members (excludes halogenated alkanes) is 22. The van der Waals surface area contributed by atoms with Gasteiger partial charge in [0.2, 0.25) is 10.9 Å². The minimum atomic E-state index is -0.462. The van der Waals surface area contributed by atoms with Gasteiger partial charge < -0.3 is 18.9 Å². The van der Waals surface area contributed by atoms with Crippen LogP contribution in [0.2, 0.25) is 0 Å². The van der Waals surface area contributed by atoms with Crippen molar-refractivity contribution in [1.82, 2.24) is 0 Å². The smallest absolute Gasteiger partial charge is 0.311 e. The Morgan fingerprint density at radius 3 is 1.04 bits per heavy atom. The van der Waals surface area contributed by atoms with E-state index in [4.69, 9.17) is 18.9 Å². The second-order valence-corrected chi connectivity index (χ2v) is 14.9. The van der Waals surface area contributed by atoms with Crippen LogP contribution in [0.5, 0.6) is 23.0 Å². The molecule has 0 amide bonds. The molecule has 55 heavy (non-hydrogen) atoms. The van der Waals surface area contributed by atoms with E-state index in [0.29, 0.717) is 50.4 Å². The van der Waals surface area contributed by atoms with Crippen LogP contribution in [0.1, 0.15) is 187 Å². The van der Waals surface area contributed by atoms with Crippen molar-refractivity contribution >= 4 is 11.9 Å². The lowest BCUT2D eigenvalue weighted by Gasteiger charge is -2.05. The molecule has 0 radical (unpaired) electrons. The lowest BCUT2D eigenvalue weighted by molar-refractivity contribution is -0.135. The first-order valence-electron chi connectivity index (χ1n) is 21.9. The molecule has 2 aromatic rings. The maximum absolute atomic E-state index is 12.5. The fraction of sp³-hybridized carbons (Fsp3) is 0.660. The van der Waals surface area contributed by atoms with Crippen molar-refractivity contribution in [3.05, 3.63) is 69.0 Å². The summed E-state index contributed by atoms with van der Waals surface area (Å²) in [7, 11) is 0. The van der Waals surface area contributed by atoms with E-state index in [-0.39, 0.29) is 28.8 Å². The van der Waals surface area contributed by atoms with Crippen molar-refractivity contribution in [1.29, 1.82) is 0 Å². The SMILES string of the molecule is CCCCCCCCCCCCCOc1ccc(OC(=O)CCCCCOc2ccc(OC(=O)CCCCCCCCCCCCC)c(=O)cc2)c(=O)cc1. The van der Waals surface area contributed by atoms with Gasteiger partial charge in [-0.05, 0) is 80.6 Å². The van der Waals surface area contributed by atoms with Crippen LogP contribution in [0, 0.1) is 0 Å². The number of hydrogen-bond donors (Lipinski definition) is 0. The molecule has 2 aromatic carbocycles. The molecule has 0 aliphatic rings. The molecule has 0 bridgehead atoms. The molecule has 0 N–H and O–H groups in total. The van der Waals surface area contributed by atoms with Crippen molar-refractivity contribution < 1.29 is 28.5 Å². The first-order valence-corrected chi connectivity index (χ1v) is 21.9. The normalized spacial score (nSPS) is 10.9. The summed E-state index contributed by atoms with van der Waals surface area (Å²) in [5, 5.41) is 0. The molecular weight excluding hydrogens is 693 g/mol. The fourth-order valence-electron chi connectivity index (χ4n) is 6.41. The Kier molecular flexibility index (Phi) is 28.1. The molecule has 0 aliphatic heterocycles. The molecule has 0 aromatic heterocycles. The molecule has 0 heterocycles. The molecule has 0 unspecified atom stereocenters. The number of carbonyl (C=O) groups is 2. The number of rotatable bonds is 34. The van der Waals surface area contributed by atoms with E-state index in [1.54, 1.807) is 24.3 Å². The first-order chi connectivity index (χ1) is 26.9. The largest absolute Gasteiger partial charge is 0.494 e. The average Bonchev–Trinajstić information content (AvgIpc) is 3.46. The third-order valence-corrected chi connectivity index (χ3v) is 9.82. The Hall–Kier alpha value is -3.68.